The quantitative estimate of drug-likeness (QED) is 0.515. The van der Waals surface area contributed by atoms with Crippen LogP contribution in [0.2, 0.25) is 5.02 Å². The van der Waals surface area contributed by atoms with Crippen molar-refractivity contribution in [1.82, 2.24) is 0 Å². The molecule has 2 aromatic carbocycles. The van der Waals surface area contributed by atoms with Crippen LogP contribution in [-0.2, 0) is 0 Å². The predicted octanol–water partition coefficient (Wildman–Crippen LogP) is 5.36. The van der Waals surface area contributed by atoms with Gasteiger partial charge < -0.3 is 9.47 Å². The first-order valence-corrected chi connectivity index (χ1v) is 8.03. The first-order chi connectivity index (χ1) is 10.5. The van der Waals surface area contributed by atoms with Crippen molar-refractivity contribution in [2.75, 3.05) is 6.61 Å². The Labute approximate surface area is 143 Å². The van der Waals surface area contributed by atoms with Crippen molar-refractivity contribution in [2.45, 2.75) is 13.8 Å². The second-order valence-electron chi connectivity index (χ2n) is 5.17. The van der Waals surface area contributed by atoms with E-state index in [4.69, 9.17) is 21.1 Å². The van der Waals surface area contributed by atoms with E-state index in [1.165, 1.54) is 0 Å². The lowest BCUT2D eigenvalue weighted by Gasteiger charge is -2.11. The van der Waals surface area contributed by atoms with Crippen LogP contribution in [0.4, 0.5) is 0 Å². The molecule has 2 aromatic rings. The standard InChI is InChI=1S/C17H16BrClO3/c1-11(2)10-21-15-8-7-12(9-13(15)18)17(20)22-16-6-4-3-5-14(16)19/h3-9,11H,10H2,1-2H3. The zero-order chi connectivity index (χ0) is 16.1. The van der Waals surface area contributed by atoms with E-state index >= 15 is 0 Å². The number of halogens is 2. The van der Waals surface area contributed by atoms with Gasteiger partial charge in [-0.3, -0.25) is 0 Å². The van der Waals surface area contributed by atoms with E-state index in [1.807, 2.05) is 0 Å². The zero-order valence-corrected chi connectivity index (χ0v) is 14.6. The fourth-order valence-corrected chi connectivity index (χ4v) is 2.36. The second-order valence-corrected chi connectivity index (χ2v) is 6.43. The van der Waals surface area contributed by atoms with Gasteiger partial charge in [0.25, 0.3) is 0 Å². The van der Waals surface area contributed by atoms with Crippen molar-refractivity contribution < 1.29 is 14.3 Å². The van der Waals surface area contributed by atoms with Gasteiger partial charge in [0, 0.05) is 0 Å². The molecule has 0 aliphatic carbocycles. The van der Waals surface area contributed by atoms with Crippen LogP contribution in [0.5, 0.6) is 11.5 Å². The molecule has 0 radical (unpaired) electrons. The third-order valence-electron chi connectivity index (χ3n) is 2.78. The van der Waals surface area contributed by atoms with Crippen molar-refractivity contribution in [3.8, 4) is 11.5 Å². The van der Waals surface area contributed by atoms with Crippen molar-refractivity contribution in [1.29, 1.82) is 0 Å². The number of hydrogen-bond acceptors (Lipinski definition) is 3. The third kappa shape index (κ3) is 4.49. The van der Waals surface area contributed by atoms with Gasteiger partial charge in [0.15, 0.2) is 0 Å². The normalized spacial score (nSPS) is 10.6. The molecule has 0 saturated carbocycles. The van der Waals surface area contributed by atoms with Crippen LogP contribution in [0, 0.1) is 5.92 Å². The Hall–Kier alpha value is -1.52. The number of ether oxygens (including phenoxy) is 2. The Morgan fingerprint density at radius 1 is 1.18 bits per heavy atom. The maximum absolute atomic E-state index is 12.2. The van der Waals surface area contributed by atoms with E-state index in [2.05, 4.69) is 29.8 Å². The summed E-state index contributed by atoms with van der Waals surface area (Å²) in [6, 6.07) is 11.9. The molecule has 5 heteroatoms. The summed E-state index contributed by atoms with van der Waals surface area (Å²) in [5, 5.41) is 0.395. The molecule has 0 heterocycles. The minimum Gasteiger partial charge on any atom is -0.492 e. The van der Waals surface area contributed by atoms with Crippen LogP contribution >= 0.6 is 27.5 Å². The number of esters is 1. The van der Waals surface area contributed by atoms with E-state index in [0.29, 0.717) is 39.1 Å². The summed E-state index contributed by atoms with van der Waals surface area (Å²) in [5.74, 6) is 0.995. The van der Waals surface area contributed by atoms with Crippen LogP contribution in [0.25, 0.3) is 0 Å². The summed E-state index contributed by atoms with van der Waals surface area (Å²) in [4.78, 5) is 12.2. The molecule has 0 amide bonds. The molecular formula is C17H16BrClO3. The highest BCUT2D eigenvalue weighted by Crippen LogP contribution is 2.28. The maximum atomic E-state index is 12.2. The SMILES string of the molecule is CC(C)COc1ccc(C(=O)Oc2ccccc2Cl)cc1Br. The van der Waals surface area contributed by atoms with Gasteiger partial charge in [-0.1, -0.05) is 37.6 Å². The second kappa shape index (κ2) is 7.65. The Bertz CT molecular complexity index is 671. The molecule has 0 atom stereocenters. The minimum absolute atomic E-state index is 0.338. The van der Waals surface area contributed by atoms with E-state index in [0.717, 1.165) is 0 Å². The van der Waals surface area contributed by atoms with Crippen molar-refractivity contribution in [2.24, 2.45) is 5.92 Å². The summed E-state index contributed by atoms with van der Waals surface area (Å²) >= 11 is 9.38. The van der Waals surface area contributed by atoms with Crippen molar-refractivity contribution >= 4 is 33.5 Å². The molecule has 0 aliphatic rings. The molecule has 3 nitrogen and oxygen atoms in total. The molecule has 0 spiro atoms. The molecule has 22 heavy (non-hydrogen) atoms. The fourth-order valence-electron chi connectivity index (χ4n) is 1.69. The summed E-state index contributed by atoms with van der Waals surface area (Å²) in [6.45, 7) is 4.76. The average Bonchev–Trinajstić information content (AvgIpc) is 2.48. The van der Waals surface area contributed by atoms with E-state index in [9.17, 15) is 4.79 Å². The van der Waals surface area contributed by atoms with Crippen LogP contribution in [0.15, 0.2) is 46.9 Å². The summed E-state index contributed by atoms with van der Waals surface area (Å²) < 4.78 is 11.7. The summed E-state index contributed by atoms with van der Waals surface area (Å²) in [6.07, 6.45) is 0. The minimum atomic E-state index is -0.468. The molecule has 116 valence electrons. The zero-order valence-electron chi connectivity index (χ0n) is 12.3. The van der Waals surface area contributed by atoms with Crippen LogP contribution in [0.3, 0.4) is 0 Å². The first kappa shape index (κ1) is 16.8. The Kier molecular flexibility index (Phi) is 5.86. The number of benzene rings is 2. The van der Waals surface area contributed by atoms with Gasteiger partial charge in [-0.2, -0.15) is 0 Å². The Morgan fingerprint density at radius 3 is 2.55 bits per heavy atom. The van der Waals surface area contributed by atoms with Gasteiger partial charge >= 0.3 is 5.97 Å². The lowest BCUT2D eigenvalue weighted by molar-refractivity contribution is 0.0734. The summed E-state index contributed by atoms with van der Waals surface area (Å²) in [5.41, 5.74) is 0.420. The monoisotopic (exact) mass is 382 g/mol. The van der Waals surface area contributed by atoms with Crippen molar-refractivity contribution in [3.05, 3.63) is 57.5 Å². The van der Waals surface area contributed by atoms with E-state index < -0.39 is 5.97 Å². The highest BCUT2D eigenvalue weighted by atomic mass is 79.9. The highest BCUT2D eigenvalue weighted by molar-refractivity contribution is 9.10. The van der Waals surface area contributed by atoms with Gasteiger partial charge in [-0.25, -0.2) is 4.79 Å². The van der Waals surface area contributed by atoms with Gasteiger partial charge in [0.2, 0.25) is 0 Å². The topological polar surface area (TPSA) is 35.5 Å². The number of hydrogen-bond donors (Lipinski definition) is 0. The molecule has 0 bridgehead atoms. The molecule has 0 N–H and O–H groups in total. The third-order valence-corrected chi connectivity index (χ3v) is 3.71. The fraction of sp³-hybridized carbons (Fsp3) is 0.235. The lowest BCUT2D eigenvalue weighted by Crippen LogP contribution is -2.09. The van der Waals surface area contributed by atoms with E-state index in [-0.39, 0.29) is 0 Å². The van der Waals surface area contributed by atoms with Gasteiger partial charge in [-0.05, 0) is 52.2 Å². The Morgan fingerprint density at radius 2 is 1.91 bits per heavy atom. The Balaban J connectivity index is 2.11. The van der Waals surface area contributed by atoms with Gasteiger partial charge in [-0.15, -0.1) is 0 Å². The molecule has 0 unspecified atom stereocenters. The molecule has 2 rings (SSSR count). The maximum Gasteiger partial charge on any atom is 0.343 e. The number of para-hydroxylation sites is 1. The van der Waals surface area contributed by atoms with E-state index in [1.54, 1.807) is 42.5 Å². The number of carbonyl (C=O) groups is 1. The summed E-state index contributed by atoms with van der Waals surface area (Å²) in [7, 11) is 0. The largest absolute Gasteiger partial charge is 0.492 e. The van der Waals surface area contributed by atoms with Crippen LogP contribution in [0.1, 0.15) is 24.2 Å². The van der Waals surface area contributed by atoms with Gasteiger partial charge in [0.1, 0.15) is 11.5 Å². The first-order valence-electron chi connectivity index (χ1n) is 6.86. The molecule has 0 aliphatic heterocycles. The van der Waals surface area contributed by atoms with Gasteiger partial charge in [0.05, 0.1) is 21.7 Å². The predicted molar refractivity (Wildman–Crippen MR) is 90.9 cm³/mol. The molecule has 0 saturated heterocycles. The average molecular weight is 384 g/mol. The number of carbonyl (C=O) groups excluding carboxylic acids is 1. The molecular weight excluding hydrogens is 368 g/mol. The smallest absolute Gasteiger partial charge is 0.343 e. The molecule has 0 fully saturated rings. The highest BCUT2D eigenvalue weighted by Gasteiger charge is 2.13. The van der Waals surface area contributed by atoms with Crippen LogP contribution in [-0.4, -0.2) is 12.6 Å². The van der Waals surface area contributed by atoms with Crippen molar-refractivity contribution in [3.63, 3.8) is 0 Å². The lowest BCUT2D eigenvalue weighted by atomic mass is 10.2. The number of rotatable bonds is 5. The van der Waals surface area contributed by atoms with Crippen LogP contribution < -0.4 is 9.47 Å². The molecule has 0 aromatic heterocycles.